The summed E-state index contributed by atoms with van der Waals surface area (Å²) < 4.78 is 7.07. The molecule has 2 atom stereocenters. The standard InChI is InChI=1S/C54H47N3O/c1-31-27-33(3)50(34(4)28-31)38-11-15-40(16-12-38)53-46-22-20-43(56-46)42-19-21-44(55-42)52(37-9-7-8-10-37)45-23-24-47(57-45)54(49-26-25-48(53)58-49)41-17-13-39(14-18-41)51-35(5)29-32(2)30-36(51)6/h7-30,37,45,52,56-57H,1-6H3/b43-42-,53-46-,54-47-. The number of nitrogens with one attached hydrogen (secondary N) is 2. The van der Waals surface area contributed by atoms with Crippen molar-refractivity contribution < 1.29 is 4.42 Å². The Bertz CT molecular complexity index is 2910. The number of H-pyrrole nitrogens is 1. The molecule has 284 valence electrons. The number of aliphatic imine (C=N–C) groups is 1. The summed E-state index contributed by atoms with van der Waals surface area (Å²) in [6, 6.07) is 35.6. The van der Waals surface area contributed by atoms with Crippen molar-refractivity contribution in [3.05, 3.63) is 218 Å². The largest absolute Gasteiger partial charge is 0.456 e. The number of fused-ring (bicyclic) bond motifs is 7. The zero-order valence-electron chi connectivity index (χ0n) is 33.9. The topological polar surface area (TPSA) is 53.3 Å². The third-order valence-electron chi connectivity index (χ3n) is 12.3. The van der Waals surface area contributed by atoms with Crippen LogP contribution in [-0.2, 0) is 0 Å². The normalized spacial score (nSPS) is 21.4. The number of nitrogens with zero attached hydrogens (tertiary/aromatic N) is 1. The minimum atomic E-state index is 0.0301. The van der Waals surface area contributed by atoms with Crippen LogP contribution in [0.15, 0.2) is 161 Å². The van der Waals surface area contributed by atoms with E-state index in [-0.39, 0.29) is 17.9 Å². The van der Waals surface area contributed by atoms with E-state index in [9.17, 15) is 0 Å². The van der Waals surface area contributed by atoms with Gasteiger partial charge < -0.3 is 14.7 Å². The number of hydrogen-bond donors (Lipinski definition) is 2. The Hall–Kier alpha value is -6.65. The van der Waals surface area contributed by atoms with Crippen LogP contribution in [-0.4, -0.2) is 16.7 Å². The fourth-order valence-corrected chi connectivity index (χ4v) is 9.90. The van der Waals surface area contributed by atoms with E-state index in [1.165, 1.54) is 55.6 Å². The summed E-state index contributed by atoms with van der Waals surface area (Å²) in [7, 11) is 0. The van der Waals surface area contributed by atoms with Gasteiger partial charge in [0.2, 0.25) is 0 Å². The average Bonchev–Trinajstić information content (AvgIpc) is 4.05. The smallest absolute Gasteiger partial charge is 0.137 e. The Labute approximate surface area is 340 Å². The lowest BCUT2D eigenvalue weighted by Crippen LogP contribution is -2.38. The summed E-state index contributed by atoms with van der Waals surface area (Å²) in [6.07, 6.45) is 17.8. The molecule has 5 heterocycles. The average molecular weight is 754 g/mol. The third-order valence-corrected chi connectivity index (χ3v) is 12.3. The SMILES string of the molecule is Cc1cc(C)c(-c2ccc(/C3=C4\C=CC(N4)C(C4C=CC=C4)C4=N/C(=c5/cc/c([nH]5)=C(\c5ccc(-c6c(C)cc(C)cc6C)cc5)c5ccc3o5)C=C4)cc2)c(C)c1. The van der Waals surface area contributed by atoms with Crippen LogP contribution < -0.4 is 16.0 Å². The number of aryl methyl sites for hydroxylation is 6. The summed E-state index contributed by atoms with van der Waals surface area (Å²) in [6.45, 7) is 13.2. The molecule has 10 rings (SSSR count). The highest BCUT2D eigenvalue weighted by atomic mass is 16.3. The van der Waals surface area contributed by atoms with Crippen molar-refractivity contribution in [3.8, 4) is 22.3 Å². The van der Waals surface area contributed by atoms with Crippen LogP contribution in [0.3, 0.4) is 0 Å². The lowest BCUT2D eigenvalue weighted by atomic mass is 9.83. The van der Waals surface area contributed by atoms with E-state index < -0.39 is 0 Å². The number of allylic oxidation sites excluding steroid dienone is 6. The molecule has 8 bridgehead atoms. The second-order valence-corrected chi connectivity index (χ2v) is 16.5. The summed E-state index contributed by atoms with van der Waals surface area (Å²) >= 11 is 0. The molecule has 3 aliphatic heterocycles. The zero-order chi connectivity index (χ0) is 39.7. The van der Waals surface area contributed by atoms with Gasteiger partial charge in [-0.3, -0.25) is 4.99 Å². The van der Waals surface area contributed by atoms with E-state index in [0.717, 1.165) is 61.6 Å². The molecule has 4 heteroatoms. The quantitative estimate of drug-likeness (QED) is 0.184. The first kappa shape index (κ1) is 35.7. The van der Waals surface area contributed by atoms with Crippen LogP contribution in [0.4, 0.5) is 0 Å². The monoisotopic (exact) mass is 753 g/mol. The van der Waals surface area contributed by atoms with Crippen molar-refractivity contribution in [2.45, 2.75) is 47.6 Å². The van der Waals surface area contributed by atoms with Crippen LogP contribution in [0, 0.1) is 53.4 Å². The predicted molar refractivity (Wildman–Crippen MR) is 240 cm³/mol. The minimum Gasteiger partial charge on any atom is -0.456 e. The molecule has 0 saturated heterocycles. The van der Waals surface area contributed by atoms with Gasteiger partial charge in [-0.2, -0.15) is 0 Å². The third kappa shape index (κ3) is 6.21. The van der Waals surface area contributed by atoms with E-state index in [4.69, 9.17) is 9.41 Å². The van der Waals surface area contributed by atoms with Gasteiger partial charge in [0.05, 0.1) is 22.4 Å². The molecule has 0 amide bonds. The highest BCUT2D eigenvalue weighted by Crippen LogP contribution is 2.38. The summed E-state index contributed by atoms with van der Waals surface area (Å²) in [5.74, 6) is 1.92. The highest BCUT2D eigenvalue weighted by Gasteiger charge is 2.34. The van der Waals surface area contributed by atoms with Gasteiger partial charge in [0, 0.05) is 34.4 Å². The van der Waals surface area contributed by atoms with Crippen LogP contribution in [0.2, 0.25) is 0 Å². The van der Waals surface area contributed by atoms with Crippen LogP contribution in [0.25, 0.3) is 39.1 Å². The van der Waals surface area contributed by atoms with Crippen molar-refractivity contribution in [1.29, 1.82) is 0 Å². The second-order valence-electron chi connectivity index (χ2n) is 16.5. The van der Waals surface area contributed by atoms with E-state index in [1.54, 1.807) is 0 Å². The predicted octanol–water partition coefficient (Wildman–Crippen LogP) is 10.8. The number of aromatic amines is 1. The Balaban J connectivity index is 1.16. The molecule has 0 saturated carbocycles. The highest BCUT2D eigenvalue weighted by molar-refractivity contribution is 6.05. The second kappa shape index (κ2) is 14.1. The fraction of sp³-hybridized carbons (Fsp3) is 0.167. The van der Waals surface area contributed by atoms with Gasteiger partial charge >= 0.3 is 0 Å². The molecule has 4 aromatic carbocycles. The fourth-order valence-electron chi connectivity index (χ4n) is 9.90. The first-order valence-electron chi connectivity index (χ1n) is 20.4. The number of rotatable bonds is 5. The molecule has 0 fully saturated rings. The molecular formula is C54H47N3O. The van der Waals surface area contributed by atoms with Crippen LogP contribution in [0.1, 0.15) is 56.0 Å². The maximum atomic E-state index is 7.07. The number of aromatic nitrogens is 1. The Kier molecular flexibility index (Phi) is 8.67. The molecule has 6 aromatic rings. The first-order chi connectivity index (χ1) is 28.2. The first-order valence-corrected chi connectivity index (χ1v) is 20.4. The molecule has 4 aliphatic rings. The van der Waals surface area contributed by atoms with Crippen molar-refractivity contribution >= 4 is 22.6 Å². The Morgan fingerprint density at radius 2 is 1.03 bits per heavy atom. The zero-order valence-corrected chi connectivity index (χ0v) is 33.9. The lowest BCUT2D eigenvalue weighted by molar-refractivity contribution is 0.498. The van der Waals surface area contributed by atoms with Crippen molar-refractivity contribution in [2.24, 2.45) is 16.8 Å². The maximum Gasteiger partial charge on any atom is 0.137 e. The Morgan fingerprint density at radius 3 is 1.62 bits per heavy atom. The summed E-state index contributed by atoms with van der Waals surface area (Å²) in [4.78, 5) is 9.07. The molecule has 2 N–H and O–H groups in total. The van der Waals surface area contributed by atoms with E-state index in [2.05, 4.69) is 198 Å². The van der Waals surface area contributed by atoms with Crippen molar-refractivity contribution in [1.82, 2.24) is 10.3 Å². The number of furan rings is 1. The van der Waals surface area contributed by atoms with Gasteiger partial charge in [-0.05, 0) is 140 Å². The van der Waals surface area contributed by atoms with E-state index in [1.807, 2.05) is 0 Å². The van der Waals surface area contributed by atoms with E-state index >= 15 is 0 Å². The van der Waals surface area contributed by atoms with Crippen LogP contribution >= 0.6 is 0 Å². The molecule has 0 spiro atoms. The summed E-state index contributed by atoms with van der Waals surface area (Å²) in [5, 5.41) is 5.92. The maximum absolute atomic E-state index is 7.07. The van der Waals surface area contributed by atoms with E-state index in [0.29, 0.717) is 0 Å². The van der Waals surface area contributed by atoms with Gasteiger partial charge in [-0.15, -0.1) is 0 Å². The van der Waals surface area contributed by atoms with Gasteiger partial charge in [0.25, 0.3) is 0 Å². The van der Waals surface area contributed by atoms with Gasteiger partial charge in [-0.25, -0.2) is 0 Å². The molecule has 58 heavy (non-hydrogen) atoms. The van der Waals surface area contributed by atoms with Crippen molar-refractivity contribution in [3.63, 3.8) is 0 Å². The van der Waals surface area contributed by atoms with Crippen molar-refractivity contribution in [2.75, 3.05) is 0 Å². The Morgan fingerprint density at radius 1 is 0.517 bits per heavy atom. The summed E-state index contributed by atoms with van der Waals surface area (Å²) in [5.41, 5.74) is 20.0. The molecule has 2 aromatic heterocycles. The number of benzene rings is 4. The number of hydrogen-bond acceptors (Lipinski definition) is 3. The van der Waals surface area contributed by atoms with Gasteiger partial charge in [0.1, 0.15) is 11.5 Å². The molecule has 4 nitrogen and oxygen atoms in total. The van der Waals surface area contributed by atoms with Gasteiger partial charge in [0.15, 0.2) is 0 Å². The van der Waals surface area contributed by atoms with Crippen LogP contribution in [0.5, 0.6) is 0 Å². The lowest BCUT2D eigenvalue weighted by Gasteiger charge is -2.27. The molecule has 1 aliphatic carbocycles. The molecule has 2 unspecified atom stereocenters. The molecular weight excluding hydrogens is 707 g/mol. The van der Waals surface area contributed by atoms with Gasteiger partial charge in [-0.1, -0.05) is 114 Å². The molecule has 0 radical (unpaired) electrons. The minimum absolute atomic E-state index is 0.0301.